The van der Waals surface area contributed by atoms with Gasteiger partial charge >= 0.3 is 11.9 Å². The van der Waals surface area contributed by atoms with Crippen molar-refractivity contribution in [3.63, 3.8) is 0 Å². The van der Waals surface area contributed by atoms with Crippen LogP contribution in [-0.2, 0) is 14.3 Å². The first kappa shape index (κ1) is 19.4. The molecule has 9 heteroatoms. The van der Waals surface area contributed by atoms with Crippen LogP contribution in [0.3, 0.4) is 0 Å². The lowest BCUT2D eigenvalue weighted by Crippen LogP contribution is -2.45. The maximum atomic E-state index is 12.5. The van der Waals surface area contributed by atoms with Gasteiger partial charge in [0.25, 0.3) is 11.8 Å². The van der Waals surface area contributed by atoms with E-state index in [1.54, 1.807) is 23.9 Å². The Hall–Kier alpha value is -2.39. The number of carbonyl (C=O) groups is 4. The number of nitrogens with one attached hydrogen (secondary N) is 1. The Balaban J connectivity index is 1.60. The van der Waals surface area contributed by atoms with E-state index in [2.05, 4.69) is 5.32 Å². The van der Waals surface area contributed by atoms with Crippen LogP contribution in [0.4, 0.5) is 0 Å². The minimum atomic E-state index is -1.21. The van der Waals surface area contributed by atoms with Gasteiger partial charge in [0.2, 0.25) is 0 Å². The molecule has 2 amide bonds. The molecular formula is C18H20N2O6S. The van der Waals surface area contributed by atoms with Gasteiger partial charge in [0, 0.05) is 5.75 Å². The number of methoxy groups -OCH3 is 1. The van der Waals surface area contributed by atoms with E-state index in [0.717, 1.165) is 4.90 Å². The van der Waals surface area contributed by atoms with Gasteiger partial charge in [0.1, 0.15) is 12.1 Å². The molecule has 2 heterocycles. The van der Waals surface area contributed by atoms with Gasteiger partial charge in [-0.2, -0.15) is 0 Å². The zero-order valence-electron chi connectivity index (χ0n) is 14.7. The number of fused-ring (bicyclic) bond motifs is 1. The summed E-state index contributed by atoms with van der Waals surface area (Å²) < 4.78 is 4.70. The summed E-state index contributed by atoms with van der Waals surface area (Å²) in [5.41, 5.74) is 0.477. The second-order valence-electron chi connectivity index (χ2n) is 6.38. The van der Waals surface area contributed by atoms with Gasteiger partial charge in [0.05, 0.1) is 23.6 Å². The third kappa shape index (κ3) is 3.84. The van der Waals surface area contributed by atoms with Gasteiger partial charge in [-0.3, -0.25) is 24.6 Å². The lowest BCUT2D eigenvalue weighted by atomic mass is 10.1. The highest BCUT2D eigenvalue weighted by Crippen LogP contribution is 2.28. The minimum Gasteiger partial charge on any atom is -0.480 e. The Kier molecular flexibility index (Phi) is 5.81. The van der Waals surface area contributed by atoms with Crippen molar-refractivity contribution in [2.45, 2.75) is 36.7 Å². The van der Waals surface area contributed by atoms with Crippen molar-refractivity contribution in [1.82, 2.24) is 10.2 Å². The summed E-state index contributed by atoms with van der Waals surface area (Å²) in [4.78, 5) is 49.1. The van der Waals surface area contributed by atoms with Crippen LogP contribution in [-0.4, -0.2) is 64.1 Å². The van der Waals surface area contributed by atoms with Crippen molar-refractivity contribution < 1.29 is 29.0 Å². The molecule has 0 aliphatic carbocycles. The third-order valence-electron chi connectivity index (χ3n) is 4.70. The number of amides is 2. The Morgan fingerprint density at radius 3 is 2.48 bits per heavy atom. The number of hydrogen-bond acceptors (Lipinski definition) is 7. The van der Waals surface area contributed by atoms with Crippen molar-refractivity contribution >= 4 is 35.5 Å². The lowest BCUT2D eigenvalue weighted by Gasteiger charge is -2.23. The molecule has 1 aromatic carbocycles. The summed E-state index contributed by atoms with van der Waals surface area (Å²) >= 11 is 1.57. The third-order valence-corrected chi connectivity index (χ3v) is 6.00. The van der Waals surface area contributed by atoms with Crippen LogP contribution in [0.25, 0.3) is 0 Å². The van der Waals surface area contributed by atoms with Gasteiger partial charge in [-0.1, -0.05) is 12.1 Å². The Morgan fingerprint density at radius 2 is 1.93 bits per heavy atom. The zero-order valence-corrected chi connectivity index (χ0v) is 15.5. The zero-order chi connectivity index (χ0) is 19.6. The van der Waals surface area contributed by atoms with Gasteiger partial charge in [-0.05, 0) is 31.4 Å². The fourth-order valence-electron chi connectivity index (χ4n) is 3.33. The molecule has 2 N–H and O–H groups in total. The normalized spacial score (nSPS) is 22.6. The van der Waals surface area contributed by atoms with Gasteiger partial charge in [-0.15, -0.1) is 11.8 Å². The monoisotopic (exact) mass is 392 g/mol. The molecule has 8 nitrogen and oxygen atoms in total. The first-order valence-corrected chi connectivity index (χ1v) is 9.64. The van der Waals surface area contributed by atoms with Crippen molar-refractivity contribution in [1.29, 1.82) is 0 Å². The molecule has 27 heavy (non-hydrogen) atoms. The lowest BCUT2D eigenvalue weighted by molar-refractivity contribution is -0.142. The van der Waals surface area contributed by atoms with Crippen LogP contribution < -0.4 is 5.32 Å². The number of ether oxygens (including phenoxy) is 1. The average Bonchev–Trinajstić information content (AvgIpc) is 3.23. The number of thioether (sulfide) groups is 1. The topological polar surface area (TPSA) is 113 Å². The predicted octanol–water partition coefficient (Wildman–Crippen LogP) is 1.11. The number of carbonyl (C=O) groups excluding carboxylic acids is 3. The van der Waals surface area contributed by atoms with Crippen molar-refractivity contribution in [3.05, 3.63) is 35.4 Å². The molecule has 0 bridgehead atoms. The molecule has 0 radical (unpaired) electrons. The van der Waals surface area contributed by atoms with E-state index in [9.17, 15) is 24.3 Å². The quantitative estimate of drug-likeness (QED) is 0.524. The Labute approximate surface area is 160 Å². The number of carboxylic acid groups (broad SMARTS) is 1. The molecule has 1 unspecified atom stereocenters. The number of imide groups is 1. The second kappa shape index (κ2) is 8.10. The van der Waals surface area contributed by atoms with E-state index in [1.807, 2.05) is 0 Å². The Morgan fingerprint density at radius 1 is 1.30 bits per heavy atom. The molecule has 1 saturated heterocycles. The highest BCUT2D eigenvalue weighted by molar-refractivity contribution is 8.00. The van der Waals surface area contributed by atoms with Crippen LogP contribution in [0, 0.1) is 0 Å². The van der Waals surface area contributed by atoms with Crippen molar-refractivity contribution in [2.75, 3.05) is 12.9 Å². The number of nitrogens with zero attached hydrogens (tertiary/aromatic N) is 1. The number of aliphatic carboxylic acids is 1. The SMILES string of the molecule is COC(=O)[C@@H]1CS[C@@H](CCCC(C(=O)O)N2C(=O)c3ccccc3C2=O)N1. The van der Waals surface area contributed by atoms with E-state index >= 15 is 0 Å². The van der Waals surface area contributed by atoms with E-state index in [1.165, 1.54) is 19.2 Å². The summed E-state index contributed by atoms with van der Waals surface area (Å²) in [6.07, 6.45) is 1.26. The summed E-state index contributed by atoms with van der Waals surface area (Å²) in [6.45, 7) is 0. The maximum absolute atomic E-state index is 12.5. The van der Waals surface area contributed by atoms with Crippen molar-refractivity contribution in [3.8, 4) is 0 Å². The number of rotatable bonds is 7. The summed E-state index contributed by atoms with van der Waals surface area (Å²) in [5, 5.41) is 12.7. The number of esters is 1. The van der Waals surface area contributed by atoms with E-state index in [4.69, 9.17) is 4.74 Å². The first-order valence-electron chi connectivity index (χ1n) is 8.59. The van der Waals surface area contributed by atoms with E-state index in [-0.39, 0.29) is 34.9 Å². The summed E-state index contributed by atoms with van der Waals surface area (Å²) in [7, 11) is 1.33. The molecule has 0 aromatic heterocycles. The highest BCUT2D eigenvalue weighted by Gasteiger charge is 2.42. The van der Waals surface area contributed by atoms with Crippen LogP contribution in [0.15, 0.2) is 24.3 Å². The highest BCUT2D eigenvalue weighted by atomic mass is 32.2. The summed E-state index contributed by atoms with van der Waals surface area (Å²) in [6, 6.07) is 4.77. The van der Waals surface area contributed by atoms with E-state index in [0.29, 0.717) is 18.6 Å². The molecule has 1 aromatic rings. The molecule has 2 aliphatic heterocycles. The van der Waals surface area contributed by atoms with Gasteiger partial charge < -0.3 is 9.84 Å². The first-order chi connectivity index (χ1) is 12.9. The van der Waals surface area contributed by atoms with Crippen LogP contribution >= 0.6 is 11.8 Å². The average molecular weight is 392 g/mol. The molecule has 0 spiro atoms. The molecule has 0 saturated carbocycles. The number of carboxylic acids is 1. The fraction of sp³-hybridized carbons (Fsp3) is 0.444. The van der Waals surface area contributed by atoms with Crippen LogP contribution in [0.1, 0.15) is 40.0 Å². The smallest absolute Gasteiger partial charge is 0.326 e. The molecule has 3 rings (SSSR count). The maximum Gasteiger partial charge on any atom is 0.326 e. The van der Waals surface area contributed by atoms with E-state index < -0.39 is 23.8 Å². The molecule has 2 aliphatic rings. The summed E-state index contributed by atoms with van der Waals surface area (Å²) in [5.74, 6) is -2.06. The predicted molar refractivity (Wildman–Crippen MR) is 97.4 cm³/mol. The molecule has 1 fully saturated rings. The Bertz CT molecular complexity index is 748. The fourth-order valence-corrected chi connectivity index (χ4v) is 4.58. The van der Waals surface area contributed by atoms with Gasteiger partial charge in [0.15, 0.2) is 0 Å². The van der Waals surface area contributed by atoms with Crippen LogP contribution in [0.2, 0.25) is 0 Å². The van der Waals surface area contributed by atoms with Crippen molar-refractivity contribution in [2.24, 2.45) is 0 Å². The van der Waals surface area contributed by atoms with Gasteiger partial charge in [-0.25, -0.2) is 4.79 Å². The standard InChI is InChI=1S/C18H20N2O6S/c1-26-18(25)12-9-27-14(19-12)8-4-7-13(17(23)24)20-15(21)10-5-2-3-6-11(10)16(20)22/h2-3,5-6,12-14,19H,4,7-9H2,1H3,(H,23,24)/t12-,13?,14-/m0/s1. The number of hydrogen-bond donors (Lipinski definition) is 2. The molecule has 144 valence electrons. The molecule has 3 atom stereocenters. The van der Waals surface area contributed by atoms with Crippen LogP contribution in [0.5, 0.6) is 0 Å². The molecular weight excluding hydrogens is 372 g/mol. The minimum absolute atomic E-state index is 0.00530. The second-order valence-corrected chi connectivity index (χ2v) is 7.61. The largest absolute Gasteiger partial charge is 0.480 e. The number of benzene rings is 1.